The first kappa shape index (κ1) is 24.2. The third-order valence-corrected chi connectivity index (χ3v) is 4.42. The number of nitrogens with zero attached hydrogens (tertiary/aromatic N) is 1. The number of pyridine rings is 1. The molecule has 0 saturated carbocycles. The van der Waals surface area contributed by atoms with Crippen LogP contribution < -0.4 is 10.9 Å². The monoisotopic (exact) mass is 418 g/mol. The smallest absolute Gasteiger partial charge is 0.255 e. The second-order valence-corrected chi connectivity index (χ2v) is 6.94. The summed E-state index contributed by atoms with van der Waals surface area (Å²) < 4.78 is 22.9. The normalized spacial score (nSPS) is 11.1. The number of nitrogens with one attached hydrogen (secondary N) is 1. The Morgan fingerprint density at radius 3 is 2.13 bits per heavy atom. The summed E-state index contributed by atoms with van der Waals surface area (Å²) in [5, 5.41) is 3.41. The van der Waals surface area contributed by atoms with Crippen molar-refractivity contribution in [3.05, 3.63) is 64.1 Å². The first-order valence-electron chi connectivity index (χ1n) is 10.4. The summed E-state index contributed by atoms with van der Waals surface area (Å²) >= 11 is 0. The molecule has 0 unspecified atom stereocenters. The van der Waals surface area contributed by atoms with Crippen molar-refractivity contribution in [1.82, 2.24) is 9.88 Å². The molecule has 1 heterocycles. The third-order valence-electron chi connectivity index (χ3n) is 4.42. The maximum atomic E-state index is 12.0. The SMILES string of the molecule is COCCOCCOCCOCCCNCc1ccc(-n2cc(C)ccc2=O)cc1. The molecule has 0 aliphatic heterocycles. The lowest BCUT2D eigenvalue weighted by molar-refractivity contribution is 0.00345. The zero-order valence-electron chi connectivity index (χ0n) is 18.1. The van der Waals surface area contributed by atoms with Crippen LogP contribution in [0.2, 0.25) is 0 Å². The van der Waals surface area contributed by atoms with Gasteiger partial charge in [0, 0.05) is 38.2 Å². The molecule has 30 heavy (non-hydrogen) atoms. The van der Waals surface area contributed by atoms with Crippen LogP contribution >= 0.6 is 0 Å². The highest BCUT2D eigenvalue weighted by molar-refractivity contribution is 5.35. The molecule has 0 atom stereocenters. The van der Waals surface area contributed by atoms with Crippen molar-refractivity contribution in [3.8, 4) is 5.69 Å². The van der Waals surface area contributed by atoms with E-state index in [0.717, 1.165) is 30.8 Å². The molecule has 0 bridgehead atoms. The van der Waals surface area contributed by atoms with E-state index < -0.39 is 0 Å². The molecule has 2 aromatic rings. The molecule has 0 aliphatic rings. The summed E-state index contributed by atoms with van der Waals surface area (Å²) in [6.45, 7) is 7.89. The Morgan fingerprint density at radius 2 is 1.47 bits per heavy atom. The summed E-state index contributed by atoms with van der Waals surface area (Å²) in [5.74, 6) is 0. The summed E-state index contributed by atoms with van der Waals surface area (Å²) in [4.78, 5) is 12.0. The number of hydrogen-bond donors (Lipinski definition) is 1. The molecular formula is C23H34N2O5. The van der Waals surface area contributed by atoms with Gasteiger partial charge in [-0.15, -0.1) is 0 Å². The highest BCUT2D eigenvalue weighted by Crippen LogP contribution is 2.08. The number of hydrogen-bond acceptors (Lipinski definition) is 6. The Kier molecular flexibility index (Phi) is 12.0. The molecular weight excluding hydrogens is 384 g/mol. The van der Waals surface area contributed by atoms with Crippen LogP contribution in [0, 0.1) is 6.92 Å². The minimum absolute atomic E-state index is 0.0210. The Balaban J connectivity index is 1.49. The van der Waals surface area contributed by atoms with Gasteiger partial charge in [0.15, 0.2) is 0 Å². The average Bonchev–Trinajstić information content (AvgIpc) is 2.76. The molecule has 1 aromatic heterocycles. The van der Waals surface area contributed by atoms with Gasteiger partial charge >= 0.3 is 0 Å². The van der Waals surface area contributed by atoms with Crippen molar-refractivity contribution in [2.24, 2.45) is 0 Å². The lowest BCUT2D eigenvalue weighted by Crippen LogP contribution is -2.18. The van der Waals surface area contributed by atoms with E-state index in [0.29, 0.717) is 46.2 Å². The standard InChI is InChI=1S/C23H34N2O5/c1-20-4-9-23(26)25(19-20)22-7-5-21(6-8-22)18-24-10-3-11-28-14-15-30-17-16-29-13-12-27-2/h4-9,19,24H,3,10-18H2,1-2H3. The molecule has 1 N–H and O–H groups in total. The van der Waals surface area contributed by atoms with E-state index in [4.69, 9.17) is 18.9 Å². The van der Waals surface area contributed by atoms with Gasteiger partial charge in [-0.2, -0.15) is 0 Å². The zero-order chi connectivity index (χ0) is 21.4. The third kappa shape index (κ3) is 9.65. The molecule has 0 aliphatic carbocycles. The Morgan fingerprint density at radius 1 is 0.833 bits per heavy atom. The number of benzene rings is 1. The van der Waals surface area contributed by atoms with E-state index in [2.05, 4.69) is 5.32 Å². The van der Waals surface area contributed by atoms with E-state index in [1.165, 1.54) is 5.56 Å². The fraction of sp³-hybridized carbons (Fsp3) is 0.522. The minimum atomic E-state index is -0.0210. The Labute approximate surface area is 178 Å². The molecule has 0 spiro atoms. The van der Waals surface area contributed by atoms with Crippen LogP contribution in [0.3, 0.4) is 0 Å². The Hall–Kier alpha value is -2.03. The summed E-state index contributed by atoms with van der Waals surface area (Å²) in [5.41, 5.74) is 3.10. The predicted molar refractivity (Wildman–Crippen MR) is 117 cm³/mol. The van der Waals surface area contributed by atoms with Gasteiger partial charge in [0.05, 0.1) is 39.6 Å². The van der Waals surface area contributed by atoms with Gasteiger partial charge in [-0.25, -0.2) is 0 Å². The number of ether oxygens (including phenoxy) is 4. The van der Waals surface area contributed by atoms with Gasteiger partial charge in [-0.1, -0.05) is 18.2 Å². The van der Waals surface area contributed by atoms with Crippen molar-refractivity contribution < 1.29 is 18.9 Å². The molecule has 7 nitrogen and oxygen atoms in total. The van der Waals surface area contributed by atoms with Gasteiger partial charge < -0.3 is 24.3 Å². The number of methoxy groups -OCH3 is 1. The van der Waals surface area contributed by atoms with Crippen LogP contribution in [0.1, 0.15) is 17.5 Å². The highest BCUT2D eigenvalue weighted by atomic mass is 16.6. The lowest BCUT2D eigenvalue weighted by Gasteiger charge is -2.09. The van der Waals surface area contributed by atoms with Gasteiger partial charge in [0.25, 0.3) is 5.56 Å². The molecule has 2 rings (SSSR count). The minimum Gasteiger partial charge on any atom is -0.382 e. The molecule has 0 radical (unpaired) electrons. The van der Waals surface area contributed by atoms with Crippen molar-refractivity contribution in [2.45, 2.75) is 19.9 Å². The van der Waals surface area contributed by atoms with E-state index >= 15 is 0 Å². The van der Waals surface area contributed by atoms with E-state index in [9.17, 15) is 4.79 Å². The zero-order valence-corrected chi connectivity index (χ0v) is 18.1. The van der Waals surface area contributed by atoms with Crippen LogP contribution in [-0.2, 0) is 25.5 Å². The number of aryl methyl sites for hydroxylation is 1. The second kappa shape index (κ2) is 14.9. The van der Waals surface area contributed by atoms with Crippen LogP contribution in [-0.4, -0.2) is 64.5 Å². The lowest BCUT2D eigenvalue weighted by atomic mass is 10.2. The van der Waals surface area contributed by atoms with Gasteiger partial charge in [-0.3, -0.25) is 9.36 Å². The molecule has 1 aromatic carbocycles. The fourth-order valence-electron chi connectivity index (χ4n) is 2.79. The maximum absolute atomic E-state index is 12.0. The van der Waals surface area contributed by atoms with Crippen molar-refractivity contribution in [2.75, 3.05) is 59.9 Å². The highest BCUT2D eigenvalue weighted by Gasteiger charge is 2.00. The van der Waals surface area contributed by atoms with Crippen molar-refractivity contribution >= 4 is 0 Å². The largest absolute Gasteiger partial charge is 0.382 e. The topological polar surface area (TPSA) is 71.0 Å². The number of aromatic nitrogens is 1. The predicted octanol–water partition coefficient (Wildman–Crippen LogP) is 2.32. The van der Waals surface area contributed by atoms with Gasteiger partial charge in [0.2, 0.25) is 0 Å². The summed E-state index contributed by atoms with van der Waals surface area (Å²) in [6.07, 6.45) is 2.80. The summed E-state index contributed by atoms with van der Waals surface area (Å²) in [7, 11) is 1.65. The van der Waals surface area contributed by atoms with E-state index in [1.54, 1.807) is 17.7 Å². The molecule has 0 fully saturated rings. The first-order chi connectivity index (χ1) is 14.7. The van der Waals surface area contributed by atoms with E-state index in [1.807, 2.05) is 43.5 Å². The molecule has 166 valence electrons. The van der Waals surface area contributed by atoms with Crippen molar-refractivity contribution in [1.29, 1.82) is 0 Å². The quantitative estimate of drug-likeness (QED) is 0.422. The molecule has 7 heteroatoms. The fourth-order valence-corrected chi connectivity index (χ4v) is 2.79. The van der Waals surface area contributed by atoms with Crippen LogP contribution in [0.25, 0.3) is 5.69 Å². The van der Waals surface area contributed by atoms with Crippen LogP contribution in [0.5, 0.6) is 0 Å². The molecule has 0 amide bonds. The molecule has 0 saturated heterocycles. The van der Waals surface area contributed by atoms with Crippen molar-refractivity contribution in [3.63, 3.8) is 0 Å². The Bertz CT molecular complexity index is 761. The van der Waals surface area contributed by atoms with Gasteiger partial charge in [-0.05, 0) is 43.1 Å². The maximum Gasteiger partial charge on any atom is 0.255 e. The second-order valence-electron chi connectivity index (χ2n) is 6.94. The van der Waals surface area contributed by atoms with Crippen LogP contribution in [0.4, 0.5) is 0 Å². The van der Waals surface area contributed by atoms with Gasteiger partial charge in [0.1, 0.15) is 0 Å². The van der Waals surface area contributed by atoms with E-state index in [-0.39, 0.29) is 5.56 Å². The summed E-state index contributed by atoms with van der Waals surface area (Å²) in [6, 6.07) is 11.5. The first-order valence-corrected chi connectivity index (χ1v) is 10.4. The number of rotatable bonds is 16. The van der Waals surface area contributed by atoms with Crippen LogP contribution in [0.15, 0.2) is 47.4 Å². The average molecular weight is 419 g/mol.